The Labute approximate surface area is 161 Å². The van der Waals surface area contributed by atoms with E-state index in [9.17, 15) is 8.42 Å². The summed E-state index contributed by atoms with van der Waals surface area (Å²) in [4.78, 5) is 5.00. The van der Waals surface area contributed by atoms with E-state index < -0.39 is 10.0 Å². The predicted molar refractivity (Wildman–Crippen MR) is 103 cm³/mol. The van der Waals surface area contributed by atoms with Gasteiger partial charge in [-0.2, -0.15) is 4.31 Å². The summed E-state index contributed by atoms with van der Waals surface area (Å²) in [6.07, 6.45) is 1.56. The van der Waals surface area contributed by atoms with E-state index in [2.05, 4.69) is 6.07 Å². The molecule has 3 heterocycles. The average Bonchev–Trinajstić information content (AvgIpc) is 3.34. The van der Waals surface area contributed by atoms with Crippen molar-refractivity contribution in [2.75, 3.05) is 19.9 Å². The van der Waals surface area contributed by atoms with Crippen molar-refractivity contribution in [3.8, 4) is 11.5 Å². The molecule has 0 aliphatic carbocycles. The first-order valence-electron chi connectivity index (χ1n) is 8.86. The minimum Gasteiger partial charge on any atom is -0.454 e. The van der Waals surface area contributed by atoms with Crippen molar-refractivity contribution in [2.45, 2.75) is 23.7 Å². The number of hydrogen-bond donors (Lipinski definition) is 0. The zero-order valence-electron chi connectivity index (χ0n) is 14.5. The molecule has 0 atom stereocenters. The summed E-state index contributed by atoms with van der Waals surface area (Å²) < 4.78 is 39.3. The van der Waals surface area contributed by atoms with Gasteiger partial charge < -0.3 is 9.47 Å². The molecule has 0 N–H and O–H groups in total. The molecule has 0 spiro atoms. The Morgan fingerprint density at radius 3 is 2.63 bits per heavy atom. The van der Waals surface area contributed by atoms with E-state index in [1.807, 2.05) is 18.2 Å². The number of benzene rings is 2. The molecule has 27 heavy (non-hydrogen) atoms. The van der Waals surface area contributed by atoms with Crippen molar-refractivity contribution in [1.29, 1.82) is 0 Å². The molecule has 1 saturated heterocycles. The summed E-state index contributed by atoms with van der Waals surface area (Å²) in [6, 6.07) is 12.9. The molecular formula is C19H18N2O4S2. The van der Waals surface area contributed by atoms with E-state index >= 15 is 0 Å². The van der Waals surface area contributed by atoms with E-state index in [-0.39, 0.29) is 11.7 Å². The molecule has 8 heteroatoms. The molecule has 2 aromatic carbocycles. The van der Waals surface area contributed by atoms with Crippen LogP contribution in [0, 0.1) is 0 Å². The maximum atomic E-state index is 13.0. The van der Waals surface area contributed by atoms with Crippen LogP contribution in [0.2, 0.25) is 0 Å². The Kier molecular flexibility index (Phi) is 4.07. The third kappa shape index (κ3) is 2.97. The van der Waals surface area contributed by atoms with E-state index in [1.54, 1.807) is 33.8 Å². The molecule has 1 fully saturated rings. The largest absolute Gasteiger partial charge is 0.454 e. The summed E-state index contributed by atoms with van der Waals surface area (Å²) in [6.45, 7) is 1.13. The Hall–Kier alpha value is -2.16. The van der Waals surface area contributed by atoms with E-state index in [0.717, 1.165) is 23.4 Å². The Morgan fingerprint density at radius 2 is 1.81 bits per heavy atom. The van der Waals surface area contributed by atoms with Crippen LogP contribution in [0.3, 0.4) is 0 Å². The number of thiazole rings is 1. The summed E-state index contributed by atoms with van der Waals surface area (Å²) in [5.41, 5.74) is 1.02. The Morgan fingerprint density at radius 1 is 1.04 bits per heavy atom. The number of rotatable bonds is 3. The molecule has 0 radical (unpaired) electrons. The van der Waals surface area contributed by atoms with Gasteiger partial charge in [-0.1, -0.05) is 12.1 Å². The third-order valence-corrected chi connectivity index (χ3v) is 8.19. The second-order valence-electron chi connectivity index (χ2n) is 6.71. The Balaban J connectivity index is 1.33. The van der Waals surface area contributed by atoms with Crippen molar-refractivity contribution in [3.05, 3.63) is 47.5 Å². The number of sulfonamides is 1. The van der Waals surface area contributed by atoms with Crippen LogP contribution in [0.4, 0.5) is 0 Å². The molecule has 0 saturated carbocycles. The summed E-state index contributed by atoms with van der Waals surface area (Å²) in [5.74, 6) is 1.38. The third-order valence-electron chi connectivity index (χ3n) is 5.10. The molecule has 1 aromatic heterocycles. The fourth-order valence-electron chi connectivity index (χ4n) is 3.59. The van der Waals surface area contributed by atoms with Gasteiger partial charge in [-0.3, -0.25) is 0 Å². The zero-order valence-corrected chi connectivity index (χ0v) is 16.1. The van der Waals surface area contributed by atoms with Crippen LogP contribution in [0.1, 0.15) is 23.8 Å². The van der Waals surface area contributed by atoms with Gasteiger partial charge in [-0.25, -0.2) is 13.4 Å². The van der Waals surface area contributed by atoms with Gasteiger partial charge in [0, 0.05) is 25.1 Å². The number of ether oxygens (including phenoxy) is 2. The number of para-hydroxylation sites is 1. The molecule has 0 unspecified atom stereocenters. The predicted octanol–water partition coefficient (Wildman–Crippen LogP) is 3.59. The van der Waals surface area contributed by atoms with E-state index in [0.29, 0.717) is 30.5 Å². The zero-order chi connectivity index (χ0) is 18.4. The van der Waals surface area contributed by atoms with Gasteiger partial charge in [0.15, 0.2) is 11.5 Å². The lowest BCUT2D eigenvalue weighted by molar-refractivity contribution is 0.174. The lowest BCUT2D eigenvalue weighted by Crippen LogP contribution is -2.37. The van der Waals surface area contributed by atoms with Crippen LogP contribution in [0.15, 0.2) is 47.4 Å². The number of hydrogen-bond acceptors (Lipinski definition) is 6. The molecule has 2 aliphatic rings. The molecule has 0 amide bonds. The number of fused-ring (bicyclic) bond motifs is 2. The van der Waals surface area contributed by atoms with Gasteiger partial charge in [0.25, 0.3) is 0 Å². The van der Waals surface area contributed by atoms with Crippen LogP contribution in [-0.2, 0) is 10.0 Å². The van der Waals surface area contributed by atoms with Crippen LogP contribution in [-0.4, -0.2) is 37.6 Å². The molecule has 5 rings (SSSR count). The molecule has 6 nitrogen and oxygen atoms in total. The highest BCUT2D eigenvalue weighted by atomic mass is 32.2. The molecule has 0 bridgehead atoms. The van der Waals surface area contributed by atoms with Gasteiger partial charge in [0.1, 0.15) is 0 Å². The Bertz CT molecular complexity index is 1070. The highest BCUT2D eigenvalue weighted by molar-refractivity contribution is 7.89. The molecule has 3 aromatic rings. The van der Waals surface area contributed by atoms with Crippen molar-refractivity contribution < 1.29 is 17.9 Å². The van der Waals surface area contributed by atoms with Crippen LogP contribution < -0.4 is 9.47 Å². The summed E-state index contributed by atoms with van der Waals surface area (Å²) in [7, 11) is -3.53. The lowest BCUT2D eigenvalue weighted by Gasteiger charge is -2.30. The first-order chi connectivity index (χ1) is 13.1. The molecule has 2 aliphatic heterocycles. The second-order valence-corrected chi connectivity index (χ2v) is 9.71. The van der Waals surface area contributed by atoms with Crippen LogP contribution >= 0.6 is 11.3 Å². The van der Waals surface area contributed by atoms with Crippen molar-refractivity contribution in [1.82, 2.24) is 9.29 Å². The maximum Gasteiger partial charge on any atom is 0.243 e. The highest BCUT2D eigenvalue weighted by Crippen LogP contribution is 2.37. The van der Waals surface area contributed by atoms with Gasteiger partial charge >= 0.3 is 0 Å². The molecular weight excluding hydrogens is 384 g/mol. The quantitative estimate of drug-likeness (QED) is 0.670. The minimum atomic E-state index is -3.53. The van der Waals surface area contributed by atoms with Gasteiger partial charge in [0.05, 0.1) is 20.1 Å². The smallest absolute Gasteiger partial charge is 0.243 e. The lowest BCUT2D eigenvalue weighted by atomic mass is 9.99. The summed E-state index contributed by atoms with van der Waals surface area (Å²) >= 11 is 1.71. The summed E-state index contributed by atoms with van der Waals surface area (Å²) in [5, 5.41) is 1.11. The van der Waals surface area contributed by atoms with Crippen molar-refractivity contribution in [2.24, 2.45) is 0 Å². The van der Waals surface area contributed by atoms with Crippen LogP contribution in [0.5, 0.6) is 11.5 Å². The number of piperidine rings is 1. The van der Waals surface area contributed by atoms with E-state index in [4.69, 9.17) is 14.5 Å². The fourth-order valence-corrected chi connectivity index (χ4v) is 6.22. The van der Waals surface area contributed by atoms with E-state index in [1.165, 1.54) is 4.70 Å². The maximum absolute atomic E-state index is 13.0. The van der Waals surface area contributed by atoms with Gasteiger partial charge in [-0.05, 0) is 37.1 Å². The topological polar surface area (TPSA) is 68.7 Å². The second kappa shape index (κ2) is 6.47. The van der Waals surface area contributed by atoms with Crippen molar-refractivity contribution in [3.63, 3.8) is 0 Å². The van der Waals surface area contributed by atoms with Crippen LogP contribution in [0.25, 0.3) is 10.2 Å². The SMILES string of the molecule is O=S(=O)(c1ccc2c(c1)OCO2)N1CCC(c2nc3ccccc3s2)CC1. The standard InChI is InChI=1S/C19H18N2O4S2/c22-27(23,14-5-6-16-17(11-14)25-12-24-16)21-9-7-13(8-10-21)19-20-15-3-1-2-4-18(15)26-19/h1-6,11,13H,7-10,12H2. The minimum absolute atomic E-state index is 0.131. The first-order valence-corrected chi connectivity index (χ1v) is 11.1. The number of nitrogens with zero attached hydrogens (tertiary/aromatic N) is 2. The number of aromatic nitrogens is 1. The normalized spacial score (nSPS) is 18.2. The van der Waals surface area contributed by atoms with Crippen molar-refractivity contribution >= 4 is 31.6 Å². The average molecular weight is 402 g/mol. The van der Waals surface area contributed by atoms with Gasteiger partial charge in [0.2, 0.25) is 16.8 Å². The van der Waals surface area contributed by atoms with Gasteiger partial charge in [-0.15, -0.1) is 11.3 Å². The first kappa shape index (κ1) is 17.0. The highest BCUT2D eigenvalue weighted by Gasteiger charge is 2.32. The molecule has 140 valence electrons. The fraction of sp³-hybridized carbons (Fsp3) is 0.316. The monoisotopic (exact) mass is 402 g/mol.